The van der Waals surface area contributed by atoms with Gasteiger partial charge >= 0.3 is 0 Å². The van der Waals surface area contributed by atoms with Crippen LogP contribution in [0.5, 0.6) is 0 Å². The molecule has 0 unspecified atom stereocenters. The van der Waals surface area contributed by atoms with E-state index in [4.69, 9.17) is 0 Å². The summed E-state index contributed by atoms with van der Waals surface area (Å²) in [4.78, 5) is 13.0. The number of rotatable bonds is 3. The summed E-state index contributed by atoms with van der Waals surface area (Å²) in [7, 11) is 3.46. The van der Waals surface area contributed by atoms with Crippen LogP contribution in [0.15, 0.2) is 46.5 Å². The Labute approximate surface area is 111 Å². The fourth-order valence-corrected chi connectivity index (χ4v) is 1.53. The van der Waals surface area contributed by atoms with Crippen LogP contribution in [-0.4, -0.2) is 24.9 Å². The van der Waals surface area contributed by atoms with E-state index in [1.54, 1.807) is 20.2 Å². The lowest BCUT2D eigenvalue weighted by atomic mass is 10.1. The standard InChI is InChI=1S/C14H16BrNO/c1-11(9-12-7-5-4-6-8-12)13(15)10-14(17)16(2)3/h4-10H,1-3H3/b11-9+,13-10-. The molecule has 2 nitrogen and oxygen atoms in total. The van der Waals surface area contributed by atoms with E-state index in [1.807, 2.05) is 43.3 Å². The lowest BCUT2D eigenvalue weighted by Crippen LogP contribution is -2.19. The van der Waals surface area contributed by atoms with Crippen molar-refractivity contribution in [3.63, 3.8) is 0 Å². The maximum Gasteiger partial charge on any atom is 0.247 e. The van der Waals surface area contributed by atoms with E-state index in [0.29, 0.717) is 0 Å². The minimum absolute atomic E-state index is 0.0299. The Balaban J connectivity index is 2.87. The normalized spacial score (nSPS) is 12.5. The molecule has 0 bridgehead atoms. The van der Waals surface area contributed by atoms with Crippen molar-refractivity contribution in [1.29, 1.82) is 0 Å². The SMILES string of the molecule is CC(=C\c1ccccc1)/C(Br)=C/C(=O)N(C)C. The molecular formula is C14H16BrNO. The van der Waals surface area contributed by atoms with Gasteiger partial charge in [-0.1, -0.05) is 52.3 Å². The molecule has 90 valence electrons. The molecule has 0 atom stereocenters. The molecule has 0 radical (unpaired) electrons. The van der Waals surface area contributed by atoms with Crippen molar-refractivity contribution >= 4 is 27.9 Å². The molecule has 17 heavy (non-hydrogen) atoms. The Bertz CT molecular complexity index is 447. The molecule has 1 aromatic rings. The van der Waals surface area contributed by atoms with Crippen LogP contribution in [0, 0.1) is 0 Å². The monoisotopic (exact) mass is 293 g/mol. The van der Waals surface area contributed by atoms with Gasteiger partial charge in [-0.25, -0.2) is 0 Å². The smallest absolute Gasteiger partial charge is 0.247 e. The van der Waals surface area contributed by atoms with Crippen molar-refractivity contribution in [3.8, 4) is 0 Å². The number of allylic oxidation sites excluding steroid dienone is 2. The van der Waals surface area contributed by atoms with E-state index in [0.717, 1.165) is 15.6 Å². The summed E-state index contributed by atoms with van der Waals surface area (Å²) in [6, 6.07) is 10.0. The highest BCUT2D eigenvalue weighted by molar-refractivity contribution is 9.12. The molecule has 0 saturated carbocycles. The van der Waals surface area contributed by atoms with E-state index in [2.05, 4.69) is 15.9 Å². The summed E-state index contributed by atoms with van der Waals surface area (Å²) in [5, 5.41) is 0. The third-order valence-electron chi connectivity index (χ3n) is 2.25. The maximum absolute atomic E-state index is 11.5. The fraction of sp³-hybridized carbons (Fsp3) is 0.214. The number of likely N-dealkylation sites (N-methyl/N-ethyl adjacent to an activating group) is 1. The number of amides is 1. The van der Waals surface area contributed by atoms with Crippen LogP contribution in [0.1, 0.15) is 12.5 Å². The molecule has 3 heteroatoms. The average Bonchev–Trinajstić information content (AvgIpc) is 2.29. The third-order valence-corrected chi connectivity index (χ3v) is 3.10. The Morgan fingerprint density at radius 2 is 1.82 bits per heavy atom. The Morgan fingerprint density at radius 1 is 1.24 bits per heavy atom. The quantitative estimate of drug-likeness (QED) is 0.617. The van der Waals surface area contributed by atoms with E-state index in [9.17, 15) is 4.79 Å². The highest BCUT2D eigenvalue weighted by atomic mass is 79.9. The Hall–Kier alpha value is -1.35. The first kappa shape index (κ1) is 13.7. The number of hydrogen-bond donors (Lipinski definition) is 0. The number of halogens is 1. The van der Waals surface area contributed by atoms with Gasteiger partial charge in [0.2, 0.25) is 5.91 Å². The fourth-order valence-electron chi connectivity index (χ4n) is 1.22. The van der Waals surface area contributed by atoms with Crippen LogP contribution in [0.2, 0.25) is 0 Å². The lowest BCUT2D eigenvalue weighted by Gasteiger charge is -2.07. The van der Waals surface area contributed by atoms with E-state index >= 15 is 0 Å². The predicted molar refractivity (Wildman–Crippen MR) is 75.8 cm³/mol. The zero-order valence-electron chi connectivity index (χ0n) is 10.3. The topological polar surface area (TPSA) is 20.3 Å². The average molecular weight is 294 g/mol. The number of carbonyl (C=O) groups is 1. The summed E-state index contributed by atoms with van der Waals surface area (Å²) in [5.74, 6) is -0.0299. The zero-order valence-corrected chi connectivity index (χ0v) is 11.9. The minimum Gasteiger partial charge on any atom is -0.345 e. The molecule has 1 amide bonds. The van der Waals surface area contributed by atoms with Crippen LogP contribution in [0.4, 0.5) is 0 Å². The zero-order chi connectivity index (χ0) is 12.8. The van der Waals surface area contributed by atoms with Crippen molar-refractivity contribution in [1.82, 2.24) is 4.90 Å². The number of benzene rings is 1. The third kappa shape index (κ3) is 4.57. The highest BCUT2D eigenvalue weighted by Gasteiger charge is 2.02. The van der Waals surface area contributed by atoms with Crippen molar-refractivity contribution in [2.45, 2.75) is 6.92 Å². The van der Waals surface area contributed by atoms with Gasteiger partial charge in [-0.3, -0.25) is 4.79 Å². The van der Waals surface area contributed by atoms with Crippen molar-refractivity contribution in [2.75, 3.05) is 14.1 Å². The Kier molecular flexibility index (Phi) is 5.16. The van der Waals surface area contributed by atoms with Gasteiger partial charge in [0.25, 0.3) is 0 Å². The first-order valence-electron chi connectivity index (χ1n) is 5.33. The van der Waals surface area contributed by atoms with E-state index in [-0.39, 0.29) is 5.91 Å². The largest absolute Gasteiger partial charge is 0.345 e. The van der Waals surface area contributed by atoms with Crippen LogP contribution in [-0.2, 0) is 4.79 Å². The highest BCUT2D eigenvalue weighted by Crippen LogP contribution is 2.19. The summed E-state index contributed by atoms with van der Waals surface area (Å²) in [5.41, 5.74) is 2.14. The van der Waals surface area contributed by atoms with Gasteiger partial charge in [-0.05, 0) is 18.1 Å². The van der Waals surface area contributed by atoms with Gasteiger partial charge in [0, 0.05) is 24.7 Å². The second-order valence-electron chi connectivity index (χ2n) is 3.96. The van der Waals surface area contributed by atoms with Crippen LogP contribution in [0.25, 0.3) is 6.08 Å². The van der Waals surface area contributed by atoms with Crippen molar-refractivity contribution < 1.29 is 4.79 Å². The second kappa shape index (κ2) is 6.40. The molecule has 0 heterocycles. The summed E-state index contributed by atoms with van der Waals surface area (Å²) in [6.45, 7) is 1.97. The molecule has 0 fully saturated rings. The van der Waals surface area contributed by atoms with Gasteiger partial charge in [0.1, 0.15) is 0 Å². The molecule has 1 rings (SSSR count). The lowest BCUT2D eigenvalue weighted by molar-refractivity contribution is -0.123. The molecule has 0 N–H and O–H groups in total. The van der Waals surface area contributed by atoms with Crippen LogP contribution < -0.4 is 0 Å². The summed E-state index contributed by atoms with van der Waals surface area (Å²) >= 11 is 3.41. The molecule has 0 saturated heterocycles. The van der Waals surface area contributed by atoms with Crippen molar-refractivity contribution in [2.24, 2.45) is 0 Å². The van der Waals surface area contributed by atoms with Crippen LogP contribution >= 0.6 is 15.9 Å². The summed E-state index contributed by atoms with van der Waals surface area (Å²) < 4.78 is 0.806. The molecule has 0 aliphatic heterocycles. The molecule has 0 aliphatic carbocycles. The minimum atomic E-state index is -0.0299. The number of nitrogens with zero attached hydrogens (tertiary/aromatic N) is 1. The van der Waals surface area contributed by atoms with E-state index in [1.165, 1.54) is 4.90 Å². The molecule has 0 spiro atoms. The van der Waals surface area contributed by atoms with Gasteiger partial charge in [0.15, 0.2) is 0 Å². The van der Waals surface area contributed by atoms with Crippen LogP contribution in [0.3, 0.4) is 0 Å². The Morgan fingerprint density at radius 3 is 2.35 bits per heavy atom. The second-order valence-corrected chi connectivity index (χ2v) is 4.82. The molecule has 1 aromatic carbocycles. The number of hydrogen-bond acceptors (Lipinski definition) is 1. The first-order valence-corrected chi connectivity index (χ1v) is 6.12. The summed E-state index contributed by atoms with van der Waals surface area (Å²) in [6.07, 6.45) is 3.61. The van der Waals surface area contributed by atoms with Gasteiger partial charge in [-0.15, -0.1) is 0 Å². The van der Waals surface area contributed by atoms with E-state index < -0.39 is 0 Å². The molecule has 0 aliphatic rings. The van der Waals surface area contributed by atoms with Crippen molar-refractivity contribution in [3.05, 3.63) is 52.0 Å². The molecule has 0 aromatic heterocycles. The molecular weight excluding hydrogens is 278 g/mol. The van der Waals surface area contributed by atoms with Gasteiger partial charge in [0.05, 0.1) is 0 Å². The van der Waals surface area contributed by atoms with Gasteiger partial charge in [-0.2, -0.15) is 0 Å². The first-order chi connectivity index (χ1) is 8.00. The number of carbonyl (C=O) groups excluding carboxylic acids is 1. The van der Waals surface area contributed by atoms with Gasteiger partial charge < -0.3 is 4.90 Å². The predicted octanol–water partition coefficient (Wildman–Crippen LogP) is 3.46. The maximum atomic E-state index is 11.5.